The van der Waals surface area contributed by atoms with Crippen molar-refractivity contribution in [2.75, 3.05) is 12.4 Å². The number of nitrogens with two attached hydrogens (primary N) is 1. The van der Waals surface area contributed by atoms with Gasteiger partial charge >= 0.3 is 0 Å². The highest BCUT2D eigenvalue weighted by molar-refractivity contribution is 6.27. The van der Waals surface area contributed by atoms with Gasteiger partial charge in [-0.05, 0) is 48.1 Å². The molecule has 0 saturated heterocycles. The molecule has 1 atom stereocenters. The van der Waals surface area contributed by atoms with E-state index in [1.807, 2.05) is 78.9 Å². The lowest BCUT2D eigenvalue weighted by Gasteiger charge is -2.18. The highest BCUT2D eigenvalue weighted by Crippen LogP contribution is 2.20. The maximum atomic E-state index is 13.1. The molecular weight excluding hydrogens is 446 g/mol. The molecule has 0 aromatic heterocycles. The summed E-state index contributed by atoms with van der Waals surface area (Å²) >= 11 is 5.67. The number of nitrogens with one attached hydrogen (secondary N) is 1. The predicted octanol–water partition coefficient (Wildman–Crippen LogP) is 5.03. The first-order valence-electron chi connectivity index (χ1n) is 11.4. The number of halogens is 1. The number of carbonyl (C=O) groups excluding carboxylic acids is 2. The number of amidine groups is 1. The molecule has 3 N–H and O–H groups in total. The van der Waals surface area contributed by atoms with Crippen LogP contribution in [0.3, 0.4) is 0 Å². The number of alkyl halides is 1. The van der Waals surface area contributed by atoms with E-state index in [-0.39, 0.29) is 17.6 Å². The second-order valence-electron chi connectivity index (χ2n) is 8.07. The molecule has 3 rings (SSSR count). The summed E-state index contributed by atoms with van der Waals surface area (Å²) in [6.07, 6.45) is 2.08. The molecule has 1 amide bonds. The lowest BCUT2D eigenvalue weighted by atomic mass is 9.99. The summed E-state index contributed by atoms with van der Waals surface area (Å²) in [5.74, 6) is 0.286. The summed E-state index contributed by atoms with van der Waals surface area (Å²) in [4.78, 5) is 30.3. The van der Waals surface area contributed by atoms with Gasteiger partial charge in [-0.3, -0.25) is 14.6 Å². The molecule has 0 fully saturated rings. The third-order valence-corrected chi connectivity index (χ3v) is 5.81. The van der Waals surface area contributed by atoms with Gasteiger partial charge in [0.2, 0.25) is 0 Å². The first-order chi connectivity index (χ1) is 16.6. The number of nitrogens with zero attached hydrogens (tertiary/aromatic N) is 1. The Morgan fingerprint density at radius 3 is 2.29 bits per heavy atom. The van der Waals surface area contributed by atoms with E-state index >= 15 is 0 Å². The molecule has 176 valence electrons. The molecule has 0 saturated carbocycles. The maximum Gasteiger partial charge on any atom is 0.251 e. The van der Waals surface area contributed by atoms with Gasteiger partial charge in [-0.15, -0.1) is 11.6 Å². The Kier molecular flexibility index (Phi) is 9.86. The third-order valence-electron chi connectivity index (χ3n) is 5.53. The Balaban J connectivity index is 1.69. The number of rotatable bonds is 12. The van der Waals surface area contributed by atoms with Gasteiger partial charge in [-0.25, -0.2) is 0 Å². The van der Waals surface area contributed by atoms with E-state index in [0.717, 1.165) is 16.7 Å². The predicted molar refractivity (Wildman–Crippen MR) is 139 cm³/mol. The summed E-state index contributed by atoms with van der Waals surface area (Å²) in [5.41, 5.74) is 9.26. The Morgan fingerprint density at radius 1 is 0.912 bits per heavy atom. The van der Waals surface area contributed by atoms with Crippen LogP contribution in [0.25, 0.3) is 11.1 Å². The largest absolute Gasteiger partial charge is 0.386 e. The van der Waals surface area contributed by atoms with Crippen LogP contribution in [-0.2, 0) is 11.2 Å². The number of aliphatic imine (C=N–C) groups is 1. The lowest BCUT2D eigenvalue weighted by molar-refractivity contribution is -0.121. The SMILES string of the molecule is NC(CCl)=NCCC[C@H](NC(=O)c1cccc(-c2ccccc2)c1)C(=O)CCc1ccccc1. The monoisotopic (exact) mass is 475 g/mol. The molecular formula is C28H30ClN3O2. The average molecular weight is 476 g/mol. The fourth-order valence-corrected chi connectivity index (χ4v) is 3.76. The molecule has 0 bridgehead atoms. The third kappa shape index (κ3) is 7.85. The van der Waals surface area contributed by atoms with Crippen LogP contribution >= 0.6 is 11.6 Å². The van der Waals surface area contributed by atoms with Gasteiger partial charge < -0.3 is 11.1 Å². The highest BCUT2D eigenvalue weighted by Gasteiger charge is 2.21. The zero-order valence-electron chi connectivity index (χ0n) is 19.1. The van der Waals surface area contributed by atoms with Crippen molar-refractivity contribution in [3.05, 3.63) is 96.1 Å². The van der Waals surface area contributed by atoms with Crippen LogP contribution in [0.4, 0.5) is 0 Å². The van der Waals surface area contributed by atoms with Crippen LogP contribution in [0.1, 0.15) is 35.2 Å². The lowest BCUT2D eigenvalue weighted by Crippen LogP contribution is -2.41. The van der Waals surface area contributed by atoms with Gasteiger partial charge in [0.1, 0.15) is 5.84 Å². The Morgan fingerprint density at radius 2 is 1.59 bits per heavy atom. The van der Waals surface area contributed by atoms with E-state index in [2.05, 4.69) is 10.3 Å². The quantitative estimate of drug-likeness (QED) is 0.167. The van der Waals surface area contributed by atoms with Crippen molar-refractivity contribution in [3.63, 3.8) is 0 Å². The van der Waals surface area contributed by atoms with Crippen LogP contribution in [0.5, 0.6) is 0 Å². The highest BCUT2D eigenvalue weighted by atomic mass is 35.5. The normalized spacial score (nSPS) is 12.2. The molecule has 5 nitrogen and oxygen atoms in total. The van der Waals surface area contributed by atoms with Gasteiger partial charge in [0.25, 0.3) is 5.91 Å². The zero-order valence-corrected chi connectivity index (χ0v) is 19.9. The molecule has 0 unspecified atom stereocenters. The standard InChI is InChI=1S/C28H30ClN3O2/c29-20-27(30)31-18-8-15-25(26(33)17-16-21-9-3-1-4-10-21)32-28(34)24-14-7-13-23(19-24)22-11-5-2-6-12-22/h1-7,9-14,19,25H,8,15-18,20H2,(H2,30,31)(H,32,34)/t25-/m0/s1. The number of aryl methyl sites for hydroxylation is 1. The number of hydrogen-bond donors (Lipinski definition) is 2. The van der Waals surface area contributed by atoms with Crippen LogP contribution < -0.4 is 11.1 Å². The van der Waals surface area contributed by atoms with E-state index in [0.29, 0.717) is 43.6 Å². The van der Waals surface area contributed by atoms with E-state index < -0.39 is 6.04 Å². The van der Waals surface area contributed by atoms with E-state index in [4.69, 9.17) is 17.3 Å². The summed E-state index contributed by atoms with van der Waals surface area (Å²) in [6, 6.07) is 26.6. The Hall–Kier alpha value is -3.44. The smallest absolute Gasteiger partial charge is 0.251 e. The second kappa shape index (κ2) is 13.3. The molecule has 0 aliphatic heterocycles. The van der Waals surface area contributed by atoms with Crippen molar-refractivity contribution in [3.8, 4) is 11.1 Å². The molecule has 0 aliphatic rings. The molecule has 0 spiro atoms. The fraction of sp³-hybridized carbons (Fsp3) is 0.250. The molecule has 0 heterocycles. The van der Waals surface area contributed by atoms with E-state index in [1.165, 1.54) is 0 Å². The fourth-order valence-electron chi connectivity index (χ4n) is 3.67. The van der Waals surface area contributed by atoms with Crippen LogP contribution in [-0.4, -0.2) is 36.0 Å². The van der Waals surface area contributed by atoms with Crippen molar-refractivity contribution < 1.29 is 9.59 Å². The van der Waals surface area contributed by atoms with Gasteiger partial charge in [0, 0.05) is 18.5 Å². The Labute approximate surface area is 206 Å². The number of benzene rings is 3. The van der Waals surface area contributed by atoms with Crippen molar-refractivity contribution in [2.24, 2.45) is 10.7 Å². The van der Waals surface area contributed by atoms with Crippen molar-refractivity contribution in [1.29, 1.82) is 0 Å². The first kappa shape index (κ1) is 25.2. The van der Waals surface area contributed by atoms with Crippen LogP contribution in [0.15, 0.2) is 89.9 Å². The van der Waals surface area contributed by atoms with Crippen LogP contribution in [0, 0.1) is 0 Å². The maximum absolute atomic E-state index is 13.1. The van der Waals surface area contributed by atoms with Crippen molar-refractivity contribution in [1.82, 2.24) is 5.32 Å². The number of carbonyl (C=O) groups is 2. The second-order valence-corrected chi connectivity index (χ2v) is 8.34. The molecule has 0 radical (unpaired) electrons. The minimum Gasteiger partial charge on any atom is -0.386 e. The topological polar surface area (TPSA) is 84.5 Å². The molecule has 3 aromatic rings. The summed E-state index contributed by atoms with van der Waals surface area (Å²) in [7, 11) is 0. The van der Waals surface area contributed by atoms with Crippen molar-refractivity contribution >= 4 is 29.1 Å². The van der Waals surface area contributed by atoms with Crippen molar-refractivity contribution in [2.45, 2.75) is 31.7 Å². The number of amides is 1. The van der Waals surface area contributed by atoms with Gasteiger partial charge in [0.05, 0.1) is 11.9 Å². The molecule has 0 aliphatic carbocycles. The number of hydrogen-bond acceptors (Lipinski definition) is 3. The zero-order chi connectivity index (χ0) is 24.2. The minimum atomic E-state index is -0.594. The van der Waals surface area contributed by atoms with Gasteiger partial charge in [0.15, 0.2) is 5.78 Å². The van der Waals surface area contributed by atoms with Gasteiger partial charge in [-0.1, -0.05) is 72.8 Å². The Bertz CT molecular complexity index is 1100. The summed E-state index contributed by atoms with van der Waals surface area (Å²) < 4.78 is 0. The first-order valence-corrected chi connectivity index (χ1v) is 12.0. The van der Waals surface area contributed by atoms with Gasteiger partial charge in [-0.2, -0.15) is 0 Å². The van der Waals surface area contributed by atoms with Crippen LogP contribution in [0.2, 0.25) is 0 Å². The molecule has 6 heteroatoms. The number of ketones is 1. The molecule has 3 aromatic carbocycles. The summed E-state index contributed by atoms with van der Waals surface area (Å²) in [5, 5.41) is 2.96. The molecule has 34 heavy (non-hydrogen) atoms. The number of Topliss-reactive ketones (excluding diaryl/α,β-unsaturated/α-hetero) is 1. The average Bonchev–Trinajstić information content (AvgIpc) is 2.89. The summed E-state index contributed by atoms with van der Waals surface area (Å²) in [6.45, 7) is 0.459. The van der Waals surface area contributed by atoms with E-state index in [9.17, 15) is 9.59 Å². The minimum absolute atomic E-state index is 0.00529. The van der Waals surface area contributed by atoms with E-state index in [1.54, 1.807) is 6.07 Å².